The van der Waals surface area contributed by atoms with Crippen LogP contribution in [0.5, 0.6) is 0 Å². The van der Waals surface area contributed by atoms with Crippen LogP contribution < -0.4 is 5.73 Å². The fourth-order valence-corrected chi connectivity index (χ4v) is 2.21. The number of carboxylic acids is 1. The first-order valence-corrected chi connectivity index (χ1v) is 3.87. The maximum absolute atomic E-state index is 10.7. The van der Waals surface area contributed by atoms with E-state index in [0.29, 0.717) is 5.92 Å². The van der Waals surface area contributed by atoms with Gasteiger partial charge in [0.1, 0.15) is 0 Å². The summed E-state index contributed by atoms with van der Waals surface area (Å²) >= 11 is 0. The topological polar surface area (TPSA) is 63.3 Å². The van der Waals surface area contributed by atoms with Crippen molar-refractivity contribution in [3.05, 3.63) is 12.2 Å². The summed E-state index contributed by atoms with van der Waals surface area (Å²) in [5.74, 6) is -0.548. The number of allylic oxidation sites excluding steroid dienone is 1. The highest BCUT2D eigenvalue weighted by molar-refractivity contribution is 5.72. The fourth-order valence-electron chi connectivity index (χ4n) is 2.21. The molecule has 0 amide bonds. The number of fused-ring (bicyclic) bond motifs is 2. The zero-order valence-corrected chi connectivity index (χ0v) is 6.10. The molecule has 0 spiro atoms. The van der Waals surface area contributed by atoms with Gasteiger partial charge in [0, 0.05) is 6.04 Å². The molecule has 0 heterocycles. The molecule has 11 heavy (non-hydrogen) atoms. The largest absolute Gasteiger partial charge is 0.481 e. The van der Waals surface area contributed by atoms with E-state index in [2.05, 4.69) is 6.08 Å². The lowest BCUT2D eigenvalue weighted by molar-refractivity contribution is -0.143. The van der Waals surface area contributed by atoms with Gasteiger partial charge in [0.25, 0.3) is 0 Å². The number of nitrogens with two attached hydrogens (primary N) is 1. The van der Waals surface area contributed by atoms with E-state index in [-0.39, 0.29) is 17.9 Å². The number of hydrogen-bond acceptors (Lipinski definition) is 2. The molecule has 3 nitrogen and oxygen atoms in total. The van der Waals surface area contributed by atoms with Gasteiger partial charge in [0.2, 0.25) is 0 Å². The monoisotopic (exact) mass is 153 g/mol. The fraction of sp³-hybridized carbons (Fsp3) is 0.625. The number of aliphatic carboxylic acids is 1. The van der Waals surface area contributed by atoms with Crippen molar-refractivity contribution < 1.29 is 9.90 Å². The van der Waals surface area contributed by atoms with Crippen LogP contribution in [0.1, 0.15) is 6.42 Å². The van der Waals surface area contributed by atoms with Gasteiger partial charge in [-0.1, -0.05) is 12.2 Å². The van der Waals surface area contributed by atoms with E-state index in [1.807, 2.05) is 6.08 Å². The first kappa shape index (κ1) is 6.85. The standard InChI is InChI=1S/C8H11NO2/c9-7-5-2-1-4(3-5)6(7)8(10)11/h1-2,4-7H,3,9H2,(H,10,11)/t4?,5?,6-,7+/m1/s1. The summed E-state index contributed by atoms with van der Waals surface area (Å²) in [5, 5.41) is 8.79. The van der Waals surface area contributed by atoms with E-state index in [9.17, 15) is 4.79 Å². The van der Waals surface area contributed by atoms with Crippen molar-refractivity contribution in [2.45, 2.75) is 12.5 Å². The number of rotatable bonds is 1. The third kappa shape index (κ3) is 0.807. The molecule has 0 aromatic heterocycles. The molecule has 2 bridgehead atoms. The van der Waals surface area contributed by atoms with E-state index >= 15 is 0 Å². The summed E-state index contributed by atoms with van der Waals surface area (Å²) in [6.45, 7) is 0. The molecule has 0 aromatic rings. The Balaban J connectivity index is 2.25. The number of hydrogen-bond donors (Lipinski definition) is 2. The number of carbonyl (C=O) groups is 1. The maximum Gasteiger partial charge on any atom is 0.308 e. The normalized spacial score (nSPS) is 46.6. The van der Waals surface area contributed by atoms with Crippen molar-refractivity contribution in [1.82, 2.24) is 0 Å². The van der Waals surface area contributed by atoms with E-state index in [1.165, 1.54) is 0 Å². The first-order chi connectivity index (χ1) is 5.20. The molecule has 0 saturated heterocycles. The van der Waals surface area contributed by atoms with Crippen molar-refractivity contribution in [3.63, 3.8) is 0 Å². The predicted molar refractivity (Wildman–Crippen MR) is 39.8 cm³/mol. The highest BCUT2D eigenvalue weighted by atomic mass is 16.4. The Morgan fingerprint density at radius 3 is 2.45 bits per heavy atom. The van der Waals surface area contributed by atoms with Crippen molar-refractivity contribution in [2.75, 3.05) is 0 Å². The van der Waals surface area contributed by atoms with Crippen LogP contribution in [0.4, 0.5) is 0 Å². The van der Waals surface area contributed by atoms with Crippen LogP contribution in [-0.2, 0) is 4.79 Å². The quantitative estimate of drug-likeness (QED) is 0.530. The van der Waals surface area contributed by atoms with E-state index in [4.69, 9.17) is 10.8 Å². The zero-order valence-electron chi connectivity index (χ0n) is 6.10. The maximum atomic E-state index is 10.7. The van der Waals surface area contributed by atoms with Crippen LogP contribution in [0.2, 0.25) is 0 Å². The summed E-state index contributed by atoms with van der Waals surface area (Å²) in [5.41, 5.74) is 5.73. The van der Waals surface area contributed by atoms with Crippen LogP contribution in [0.15, 0.2) is 12.2 Å². The molecule has 60 valence electrons. The van der Waals surface area contributed by atoms with Gasteiger partial charge in [-0.25, -0.2) is 0 Å². The average molecular weight is 153 g/mol. The highest BCUT2D eigenvalue weighted by Gasteiger charge is 2.46. The third-order valence-corrected chi connectivity index (χ3v) is 2.81. The molecular formula is C8H11NO2. The summed E-state index contributed by atoms with van der Waals surface area (Å²) < 4.78 is 0. The van der Waals surface area contributed by atoms with Crippen LogP contribution in [0, 0.1) is 17.8 Å². The van der Waals surface area contributed by atoms with E-state index in [0.717, 1.165) is 6.42 Å². The van der Waals surface area contributed by atoms with Gasteiger partial charge in [-0.15, -0.1) is 0 Å². The molecule has 4 atom stereocenters. The molecule has 0 aromatic carbocycles. The number of carboxylic acid groups (broad SMARTS) is 1. The molecule has 2 aliphatic carbocycles. The SMILES string of the molecule is N[C@H]1C2C=CC(C2)[C@H]1C(=O)O. The minimum absolute atomic E-state index is 0.150. The summed E-state index contributed by atoms with van der Waals surface area (Å²) in [6, 6.07) is -0.150. The van der Waals surface area contributed by atoms with Crippen LogP contribution in [0.25, 0.3) is 0 Å². The smallest absolute Gasteiger partial charge is 0.308 e. The Morgan fingerprint density at radius 1 is 1.45 bits per heavy atom. The van der Waals surface area contributed by atoms with Crippen molar-refractivity contribution >= 4 is 5.97 Å². The Morgan fingerprint density at radius 2 is 2.09 bits per heavy atom. The van der Waals surface area contributed by atoms with Crippen molar-refractivity contribution in [3.8, 4) is 0 Å². The van der Waals surface area contributed by atoms with Gasteiger partial charge in [0.05, 0.1) is 5.92 Å². The second-order valence-electron chi connectivity index (χ2n) is 3.39. The molecular weight excluding hydrogens is 142 g/mol. The Hall–Kier alpha value is -0.830. The lowest BCUT2D eigenvalue weighted by Gasteiger charge is -2.19. The summed E-state index contributed by atoms with van der Waals surface area (Å²) in [4.78, 5) is 10.7. The van der Waals surface area contributed by atoms with Gasteiger partial charge in [0.15, 0.2) is 0 Å². The van der Waals surface area contributed by atoms with Gasteiger partial charge < -0.3 is 10.8 Å². The summed E-state index contributed by atoms with van der Waals surface area (Å²) in [6.07, 6.45) is 4.99. The van der Waals surface area contributed by atoms with Crippen molar-refractivity contribution in [2.24, 2.45) is 23.5 Å². The Bertz CT molecular complexity index is 224. The third-order valence-electron chi connectivity index (χ3n) is 2.81. The average Bonchev–Trinajstić information content (AvgIpc) is 2.44. The first-order valence-electron chi connectivity index (χ1n) is 3.87. The van der Waals surface area contributed by atoms with Crippen LogP contribution in [0.3, 0.4) is 0 Å². The molecule has 2 aliphatic rings. The minimum atomic E-state index is -0.741. The summed E-state index contributed by atoms with van der Waals surface area (Å²) in [7, 11) is 0. The minimum Gasteiger partial charge on any atom is -0.481 e. The van der Waals surface area contributed by atoms with Gasteiger partial charge in [-0.2, -0.15) is 0 Å². The molecule has 2 rings (SSSR count). The van der Waals surface area contributed by atoms with Crippen molar-refractivity contribution in [1.29, 1.82) is 0 Å². The predicted octanol–water partition coefficient (Wildman–Crippen LogP) is 0.220. The zero-order chi connectivity index (χ0) is 8.01. The van der Waals surface area contributed by atoms with E-state index < -0.39 is 5.97 Å². The lowest BCUT2D eigenvalue weighted by Crippen LogP contribution is -2.38. The lowest BCUT2D eigenvalue weighted by atomic mass is 9.90. The second kappa shape index (κ2) is 2.08. The van der Waals surface area contributed by atoms with E-state index in [1.54, 1.807) is 0 Å². The molecule has 1 fully saturated rings. The second-order valence-corrected chi connectivity index (χ2v) is 3.39. The van der Waals surface area contributed by atoms with Crippen LogP contribution >= 0.6 is 0 Å². The molecule has 3 heteroatoms. The molecule has 2 unspecified atom stereocenters. The molecule has 1 saturated carbocycles. The van der Waals surface area contributed by atoms with Crippen LogP contribution in [-0.4, -0.2) is 17.1 Å². The molecule has 0 radical (unpaired) electrons. The Kier molecular flexibility index (Phi) is 1.29. The van der Waals surface area contributed by atoms with Gasteiger partial charge in [-0.3, -0.25) is 4.79 Å². The van der Waals surface area contributed by atoms with Gasteiger partial charge >= 0.3 is 5.97 Å². The highest BCUT2D eigenvalue weighted by Crippen LogP contribution is 2.42. The Labute approximate surface area is 64.9 Å². The molecule has 3 N–H and O–H groups in total. The molecule has 0 aliphatic heterocycles. The van der Waals surface area contributed by atoms with Gasteiger partial charge in [-0.05, 0) is 18.3 Å².